The second-order valence-electron chi connectivity index (χ2n) is 7.78. The Morgan fingerprint density at radius 3 is 2.50 bits per heavy atom. The number of nitrogens with one attached hydrogen (secondary N) is 1. The van der Waals surface area contributed by atoms with Crippen LogP contribution in [-0.2, 0) is 16.6 Å². The fourth-order valence-corrected chi connectivity index (χ4v) is 6.30. The fourth-order valence-electron chi connectivity index (χ4n) is 3.76. The number of sulfonamides is 1. The third-order valence-electron chi connectivity index (χ3n) is 5.57. The maximum Gasteiger partial charge on any atom is 0.265 e. The normalized spacial score (nSPS) is 11.9. The smallest absolute Gasteiger partial charge is 0.265 e. The molecule has 0 saturated heterocycles. The zero-order chi connectivity index (χ0) is 24.5. The molecule has 10 heteroatoms. The van der Waals surface area contributed by atoms with Crippen LogP contribution in [0.1, 0.15) is 34.8 Å². The molecule has 0 aliphatic rings. The minimum absolute atomic E-state index is 0.00925. The van der Waals surface area contributed by atoms with Crippen molar-refractivity contribution in [3.8, 4) is 5.75 Å². The predicted octanol–water partition coefficient (Wildman–Crippen LogP) is 4.44. The molecular weight excluding hydrogens is 472 g/mol. The molecule has 4 aromatic rings. The van der Waals surface area contributed by atoms with Gasteiger partial charge in [0.1, 0.15) is 10.6 Å². The molecule has 0 aliphatic carbocycles. The summed E-state index contributed by atoms with van der Waals surface area (Å²) in [7, 11) is -3.73. The topological polar surface area (TPSA) is 105 Å². The van der Waals surface area contributed by atoms with Crippen LogP contribution in [0.5, 0.6) is 5.75 Å². The number of thiophene rings is 1. The lowest BCUT2D eigenvalue weighted by molar-refractivity contribution is 0.103. The molecule has 0 spiro atoms. The number of amides is 1. The van der Waals surface area contributed by atoms with E-state index >= 15 is 0 Å². The Morgan fingerprint density at radius 1 is 1.12 bits per heavy atom. The van der Waals surface area contributed by atoms with Gasteiger partial charge in [0.2, 0.25) is 10.0 Å². The molecule has 34 heavy (non-hydrogen) atoms. The van der Waals surface area contributed by atoms with Crippen LogP contribution in [0.15, 0.2) is 59.5 Å². The van der Waals surface area contributed by atoms with Crippen LogP contribution in [0.3, 0.4) is 0 Å². The Kier molecular flexibility index (Phi) is 6.74. The zero-order valence-electron chi connectivity index (χ0n) is 19.1. The Bertz CT molecular complexity index is 1440. The molecule has 0 unspecified atom stereocenters. The number of aromatic nitrogens is 2. The van der Waals surface area contributed by atoms with Crippen LogP contribution in [0, 0.1) is 6.92 Å². The number of hydrogen-bond donors (Lipinski definition) is 2. The minimum atomic E-state index is -3.73. The summed E-state index contributed by atoms with van der Waals surface area (Å²) in [6.07, 6.45) is 0. The highest BCUT2D eigenvalue weighted by atomic mass is 32.2. The number of carbonyl (C=O) groups is 1. The van der Waals surface area contributed by atoms with Crippen molar-refractivity contribution in [2.75, 3.05) is 18.4 Å². The standard InChI is InChI=1S/C24H26N4O4S2/c1-4-27(5-2)34(31,32)18-11-12-21(29)20(13-18)25-23(30)22-14-19-16(3)26-28(24(19)33-22)15-17-9-7-6-8-10-17/h6-14,29H,4-5,15H2,1-3H3,(H,25,30). The van der Waals surface area contributed by atoms with Gasteiger partial charge in [-0.25, -0.2) is 8.42 Å². The summed E-state index contributed by atoms with van der Waals surface area (Å²) in [5, 5.41) is 18.4. The van der Waals surface area contributed by atoms with Gasteiger partial charge >= 0.3 is 0 Å². The number of nitrogens with zero attached hydrogens (tertiary/aromatic N) is 3. The number of fused-ring (bicyclic) bond motifs is 1. The third kappa shape index (κ3) is 4.56. The fraction of sp³-hybridized carbons (Fsp3) is 0.250. The van der Waals surface area contributed by atoms with Crippen molar-refractivity contribution in [2.45, 2.75) is 32.2 Å². The zero-order valence-corrected chi connectivity index (χ0v) is 20.8. The molecule has 0 saturated carbocycles. The number of phenolic OH excluding ortho intramolecular Hbond substituents is 1. The molecule has 0 atom stereocenters. The van der Waals surface area contributed by atoms with Gasteiger partial charge in [0.25, 0.3) is 5.91 Å². The van der Waals surface area contributed by atoms with Crippen molar-refractivity contribution in [2.24, 2.45) is 0 Å². The molecule has 0 radical (unpaired) electrons. The van der Waals surface area contributed by atoms with Crippen LogP contribution in [0.2, 0.25) is 0 Å². The van der Waals surface area contributed by atoms with E-state index in [0.717, 1.165) is 21.5 Å². The molecule has 2 aromatic heterocycles. The maximum absolute atomic E-state index is 13.0. The largest absolute Gasteiger partial charge is 0.506 e. The minimum Gasteiger partial charge on any atom is -0.506 e. The molecule has 2 aromatic carbocycles. The van der Waals surface area contributed by atoms with Crippen LogP contribution in [0.25, 0.3) is 10.2 Å². The molecule has 0 fully saturated rings. The summed E-state index contributed by atoms with van der Waals surface area (Å²) in [6.45, 7) is 6.63. The summed E-state index contributed by atoms with van der Waals surface area (Å²) in [5.74, 6) is -0.640. The monoisotopic (exact) mass is 498 g/mol. The number of rotatable bonds is 8. The van der Waals surface area contributed by atoms with Crippen LogP contribution in [0.4, 0.5) is 5.69 Å². The first kappa shape index (κ1) is 23.9. The van der Waals surface area contributed by atoms with Crippen molar-refractivity contribution >= 4 is 43.2 Å². The van der Waals surface area contributed by atoms with Crippen LogP contribution < -0.4 is 5.32 Å². The lowest BCUT2D eigenvalue weighted by Crippen LogP contribution is -2.30. The van der Waals surface area contributed by atoms with E-state index in [2.05, 4.69) is 10.4 Å². The molecule has 0 aliphatic heterocycles. The van der Waals surface area contributed by atoms with E-state index in [4.69, 9.17) is 0 Å². The summed E-state index contributed by atoms with van der Waals surface area (Å²) in [4.78, 5) is 14.3. The van der Waals surface area contributed by atoms with Crippen molar-refractivity contribution in [1.82, 2.24) is 14.1 Å². The Hall–Kier alpha value is -3.21. The number of hydrogen-bond acceptors (Lipinski definition) is 6. The molecule has 178 valence electrons. The number of anilines is 1. The molecule has 4 rings (SSSR count). The van der Waals surface area contributed by atoms with Gasteiger partial charge in [-0.15, -0.1) is 11.3 Å². The molecule has 2 heterocycles. The van der Waals surface area contributed by atoms with Crippen molar-refractivity contribution in [3.05, 3.63) is 70.7 Å². The van der Waals surface area contributed by atoms with Gasteiger partial charge in [-0.2, -0.15) is 9.40 Å². The van der Waals surface area contributed by atoms with Crippen LogP contribution >= 0.6 is 11.3 Å². The summed E-state index contributed by atoms with van der Waals surface area (Å²) >= 11 is 1.30. The van der Waals surface area contributed by atoms with E-state index in [1.807, 2.05) is 41.9 Å². The number of benzene rings is 2. The number of carbonyl (C=O) groups excluding carboxylic acids is 1. The highest BCUT2D eigenvalue weighted by Crippen LogP contribution is 2.32. The van der Waals surface area contributed by atoms with Crippen LogP contribution in [-0.4, -0.2) is 46.6 Å². The predicted molar refractivity (Wildman–Crippen MR) is 134 cm³/mol. The second-order valence-corrected chi connectivity index (χ2v) is 10.7. The Morgan fingerprint density at radius 2 is 1.82 bits per heavy atom. The van der Waals surface area contributed by atoms with Gasteiger partial charge in [0.05, 0.1) is 27.7 Å². The van der Waals surface area contributed by atoms with E-state index in [-0.39, 0.29) is 16.3 Å². The van der Waals surface area contributed by atoms with Gasteiger partial charge in [0, 0.05) is 18.5 Å². The highest BCUT2D eigenvalue weighted by Gasteiger charge is 2.24. The molecule has 1 amide bonds. The van der Waals surface area contributed by atoms with Gasteiger partial charge in [0.15, 0.2) is 0 Å². The molecule has 8 nitrogen and oxygen atoms in total. The summed E-state index contributed by atoms with van der Waals surface area (Å²) in [6, 6.07) is 15.6. The van der Waals surface area contributed by atoms with E-state index in [9.17, 15) is 18.3 Å². The molecule has 0 bridgehead atoms. The lowest BCUT2D eigenvalue weighted by Gasteiger charge is -2.19. The Balaban J connectivity index is 1.62. The third-order valence-corrected chi connectivity index (χ3v) is 8.76. The first-order valence-corrected chi connectivity index (χ1v) is 13.2. The quantitative estimate of drug-likeness (QED) is 0.350. The average molecular weight is 499 g/mol. The Labute approximate surface area is 202 Å². The second kappa shape index (κ2) is 9.57. The first-order valence-electron chi connectivity index (χ1n) is 10.9. The van der Waals surface area contributed by atoms with E-state index < -0.39 is 15.9 Å². The lowest BCUT2D eigenvalue weighted by atomic mass is 10.2. The van der Waals surface area contributed by atoms with Crippen molar-refractivity contribution in [1.29, 1.82) is 0 Å². The average Bonchev–Trinajstić information content (AvgIpc) is 3.38. The summed E-state index contributed by atoms with van der Waals surface area (Å²) < 4.78 is 28.9. The number of phenols is 1. The molecule has 2 N–H and O–H groups in total. The summed E-state index contributed by atoms with van der Waals surface area (Å²) in [5.41, 5.74) is 1.96. The van der Waals surface area contributed by atoms with Gasteiger partial charge < -0.3 is 10.4 Å². The SMILES string of the molecule is CCN(CC)S(=O)(=O)c1ccc(O)c(NC(=O)c2cc3c(C)nn(Cc4ccccc4)c3s2)c1. The highest BCUT2D eigenvalue weighted by molar-refractivity contribution is 7.89. The number of aromatic hydroxyl groups is 1. The van der Waals surface area contributed by atoms with E-state index in [1.54, 1.807) is 19.9 Å². The first-order chi connectivity index (χ1) is 16.2. The van der Waals surface area contributed by atoms with E-state index in [0.29, 0.717) is 24.5 Å². The maximum atomic E-state index is 13.0. The van der Waals surface area contributed by atoms with Crippen molar-refractivity contribution in [3.63, 3.8) is 0 Å². The number of aryl methyl sites for hydroxylation is 1. The van der Waals surface area contributed by atoms with Gasteiger partial charge in [-0.3, -0.25) is 9.48 Å². The van der Waals surface area contributed by atoms with E-state index in [1.165, 1.54) is 33.8 Å². The van der Waals surface area contributed by atoms with Crippen molar-refractivity contribution < 1.29 is 18.3 Å². The van der Waals surface area contributed by atoms with Gasteiger partial charge in [-0.1, -0.05) is 44.2 Å². The molecular formula is C24H26N4O4S2. The van der Waals surface area contributed by atoms with Gasteiger partial charge in [-0.05, 0) is 36.8 Å².